The molecule has 10 heteroatoms. The third-order valence-electron chi connectivity index (χ3n) is 4.48. The monoisotopic (exact) mass is 422 g/mol. The van der Waals surface area contributed by atoms with Gasteiger partial charge in [0.15, 0.2) is 0 Å². The smallest absolute Gasteiger partial charge is 0.326 e. The zero-order chi connectivity index (χ0) is 22.5. The standard InChI is InChI=1S/C20H30N4O6/c21-11-5-4-8-15(19(28)24-16(20(29)30)9-10-17(25)26)23-18(27)14(22)12-13-6-2-1-3-7-13/h1-3,6-7,14-16H,4-5,8-12,21-22H2,(H,23,27)(H,24,28)(H,25,26)(H,29,30)/t14-,15-,16-/m0/s1. The number of hydrogen-bond donors (Lipinski definition) is 6. The van der Waals surface area contributed by atoms with E-state index in [9.17, 15) is 24.3 Å². The maximum absolute atomic E-state index is 12.6. The Kier molecular flexibility index (Phi) is 11.1. The highest BCUT2D eigenvalue weighted by molar-refractivity contribution is 5.91. The van der Waals surface area contributed by atoms with Crippen molar-refractivity contribution in [1.29, 1.82) is 0 Å². The molecule has 0 fully saturated rings. The van der Waals surface area contributed by atoms with Crippen molar-refractivity contribution in [3.63, 3.8) is 0 Å². The van der Waals surface area contributed by atoms with Gasteiger partial charge in [0.1, 0.15) is 12.1 Å². The third-order valence-corrected chi connectivity index (χ3v) is 4.48. The Morgan fingerprint density at radius 2 is 1.53 bits per heavy atom. The van der Waals surface area contributed by atoms with Crippen LogP contribution in [0.3, 0.4) is 0 Å². The van der Waals surface area contributed by atoms with Crippen LogP contribution in [-0.2, 0) is 25.6 Å². The van der Waals surface area contributed by atoms with Gasteiger partial charge in [0, 0.05) is 6.42 Å². The predicted molar refractivity (Wildman–Crippen MR) is 109 cm³/mol. The normalized spacial score (nSPS) is 13.7. The Hall–Kier alpha value is -2.98. The van der Waals surface area contributed by atoms with Gasteiger partial charge >= 0.3 is 11.9 Å². The summed E-state index contributed by atoms with van der Waals surface area (Å²) in [6.45, 7) is 0.409. The van der Waals surface area contributed by atoms with Crippen LogP contribution in [0.25, 0.3) is 0 Å². The van der Waals surface area contributed by atoms with Gasteiger partial charge in [0.05, 0.1) is 6.04 Å². The Balaban J connectivity index is 2.77. The Morgan fingerprint density at radius 3 is 2.10 bits per heavy atom. The number of rotatable bonds is 14. The fourth-order valence-corrected chi connectivity index (χ4v) is 2.80. The average molecular weight is 422 g/mol. The number of amides is 2. The lowest BCUT2D eigenvalue weighted by Crippen LogP contribution is -2.54. The van der Waals surface area contributed by atoms with Crippen molar-refractivity contribution in [2.24, 2.45) is 11.5 Å². The first-order chi connectivity index (χ1) is 14.2. The van der Waals surface area contributed by atoms with Crippen LogP contribution in [0.5, 0.6) is 0 Å². The minimum absolute atomic E-state index is 0.248. The summed E-state index contributed by atoms with van der Waals surface area (Å²) in [6, 6.07) is 5.89. The number of benzene rings is 1. The summed E-state index contributed by atoms with van der Waals surface area (Å²) in [5.74, 6) is -3.76. The lowest BCUT2D eigenvalue weighted by molar-refractivity contribution is -0.143. The summed E-state index contributed by atoms with van der Waals surface area (Å²) < 4.78 is 0. The molecule has 2 amide bonds. The van der Waals surface area contributed by atoms with Crippen molar-refractivity contribution < 1.29 is 29.4 Å². The molecule has 0 saturated carbocycles. The first-order valence-corrected chi connectivity index (χ1v) is 9.79. The second kappa shape index (κ2) is 13.3. The molecule has 30 heavy (non-hydrogen) atoms. The Labute approximate surface area is 175 Å². The van der Waals surface area contributed by atoms with E-state index in [1.807, 2.05) is 30.3 Å². The largest absolute Gasteiger partial charge is 0.481 e. The van der Waals surface area contributed by atoms with Crippen molar-refractivity contribution >= 4 is 23.8 Å². The molecule has 0 aromatic heterocycles. The average Bonchev–Trinajstić information content (AvgIpc) is 2.70. The van der Waals surface area contributed by atoms with Crippen LogP contribution in [0, 0.1) is 0 Å². The van der Waals surface area contributed by atoms with E-state index >= 15 is 0 Å². The van der Waals surface area contributed by atoms with E-state index in [0.29, 0.717) is 19.4 Å². The van der Waals surface area contributed by atoms with Gasteiger partial charge in [-0.25, -0.2) is 4.79 Å². The highest BCUT2D eigenvalue weighted by atomic mass is 16.4. The van der Waals surface area contributed by atoms with E-state index < -0.39 is 48.3 Å². The van der Waals surface area contributed by atoms with Crippen LogP contribution in [-0.4, -0.2) is 58.6 Å². The quantitative estimate of drug-likeness (QED) is 0.219. The molecular formula is C20H30N4O6. The van der Waals surface area contributed by atoms with Crippen molar-refractivity contribution in [1.82, 2.24) is 10.6 Å². The van der Waals surface area contributed by atoms with Crippen LogP contribution >= 0.6 is 0 Å². The summed E-state index contributed by atoms with van der Waals surface area (Å²) in [5, 5.41) is 22.9. The zero-order valence-electron chi connectivity index (χ0n) is 16.8. The number of hydrogen-bond acceptors (Lipinski definition) is 6. The van der Waals surface area contributed by atoms with Gasteiger partial charge in [-0.1, -0.05) is 30.3 Å². The molecule has 166 valence electrons. The minimum atomic E-state index is -1.37. The highest BCUT2D eigenvalue weighted by Crippen LogP contribution is 2.06. The van der Waals surface area contributed by atoms with Gasteiger partial charge in [-0.2, -0.15) is 0 Å². The highest BCUT2D eigenvalue weighted by Gasteiger charge is 2.28. The second-order valence-electron chi connectivity index (χ2n) is 6.97. The predicted octanol–water partition coefficient (Wildman–Crippen LogP) is -0.396. The molecule has 1 aromatic carbocycles. The molecule has 0 aliphatic carbocycles. The molecule has 0 aliphatic rings. The first-order valence-electron chi connectivity index (χ1n) is 9.79. The minimum Gasteiger partial charge on any atom is -0.481 e. The van der Waals surface area contributed by atoms with Gasteiger partial charge in [0.2, 0.25) is 11.8 Å². The maximum atomic E-state index is 12.6. The molecule has 1 rings (SSSR count). The maximum Gasteiger partial charge on any atom is 0.326 e. The molecule has 0 aliphatic heterocycles. The van der Waals surface area contributed by atoms with Crippen molar-refractivity contribution in [3.8, 4) is 0 Å². The number of carbonyl (C=O) groups excluding carboxylic acids is 2. The summed E-state index contributed by atoms with van der Waals surface area (Å²) in [6.07, 6.45) is 1.00. The van der Waals surface area contributed by atoms with Crippen molar-refractivity contribution in [2.75, 3.05) is 6.54 Å². The van der Waals surface area contributed by atoms with E-state index in [2.05, 4.69) is 10.6 Å². The third kappa shape index (κ3) is 9.48. The molecule has 0 heterocycles. The fourth-order valence-electron chi connectivity index (χ4n) is 2.80. The number of carbonyl (C=O) groups is 4. The number of carboxylic acids is 2. The van der Waals surface area contributed by atoms with Crippen molar-refractivity contribution in [3.05, 3.63) is 35.9 Å². The van der Waals surface area contributed by atoms with Crippen LogP contribution in [0.4, 0.5) is 0 Å². The second-order valence-corrected chi connectivity index (χ2v) is 6.97. The molecule has 0 radical (unpaired) electrons. The topological polar surface area (TPSA) is 185 Å². The lowest BCUT2D eigenvalue weighted by Gasteiger charge is -2.23. The lowest BCUT2D eigenvalue weighted by atomic mass is 10.0. The number of nitrogens with one attached hydrogen (secondary N) is 2. The summed E-state index contributed by atoms with van der Waals surface area (Å²) in [4.78, 5) is 47.1. The van der Waals surface area contributed by atoms with E-state index in [4.69, 9.17) is 16.6 Å². The molecule has 0 bridgehead atoms. The molecule has 8 N–H and O–H groups in total. The van der Waals surface area contributed by atoms with E-state index in [0.717, 1.165) is 5.56 Å². The van der Waals surface area contributed by atoms with Gasteiger partial charge < -0.3 is 32.3 Å². The summed E-state index contributed by atoms with van der Waals surface area (Å²) in [7, 11) is 0. The summed E-state index contributed by atoms with van der Waals surface area (Å²) >= 11 is 0. The van der Waals surface area contributed by atoms with E-state index in [1.165, 1.54) is 0 Å². The Bertz CT molecular complexity index is 713. The molecular weight excluding hydrogens is 392 g/mol. The van der Waals surface area contributed by atoms with Gasteiger partial charge in [0.25, 0.3) is 0 Å². The number of unbranched alkanes of at least 4 members (excludes halogenated alkanes) is 1. The van der Waals surface area contributed by atoms with Crippen LogP contribution < -0.4 is 22.1 Å². The number of aliphatic carboxylic acids is 2. The zero-order valence-corrected chi connectivity index (χ0v) is 16.8. The van der Waals surface area contributed by atoms with E-state index in [-0.39, 0.29) is 19.3 Å². The van der Waals surface area contributed by atoms with Crippen LogP contribution in [0.2, 0.25) is 0 Å². The molecule has 0 saturated heterocycles. The van der Waals surface area contributed by atoms with Gasteiger partial charge in [-0.3, -0.25) is 14.4 Å². The molecule has 0 spiro atoms. The van der Waals surface area contributed by atoms with Gasteiger partial charge in [-0.05, 0) is 44.2 Å². The number of nitrogens with two attached hydrogens (primary N) is 2. The van der Waals surface area contributed by atoms with Crippen LogP contribution in [0.1, 0.15) is 37.7 Å². The van der Waals surface area contributed by atoms with Gasteiger partial charge in [-0.15, -0.1) is 0 Å². The number of carboxylic acid groups (broad SMARTS) is 2. The molecule has 10 nitrogen and oxygen atoms in total. The summed E-state index contributed by atoms with van der Waals surface area (Å²) in [5.41, 5.74) is 12.3. The molecule has 1 aromatic rings. The van der Waals surface area contributed by atoms with E-state index in [1.54, 1.807) is 0 Å². The molecule has 3 atom stereocenters. The van der Waals surface area contributed by atoms with Crippen LogP contribution in [0.15, 0.2) is 30.3 Å². The first kappa shape index (κ1) is 25.1. The van der Waals surface area contributed by atoms with Crippen molar-refractivity contribution in [2.45, 2.75) is 56.7 Å². The Morgan fingerprint density at radius 1 is 0.900 bits per heavy atom. The fraction of sp³-hybridized carbons (Fsp3) is 0.500. The SMILES string of the molecule is NCCCC[C@H](NC(=O)[C@@H](N)Cc1ccccc1)C(=O)N[C@@H](CCC(=O)O)C(=O)O. The molecule has 0 unspecified atom stereocenters.